The van der Waals surface area contributed by atoms with Crippen LogP contribution in [0, 0.1) is 11.8 Å². The Morgan fingerprint density at radius 1 is 1.42 bits per heavy atom. The molecule has 19 heavy (non-hydrogen) atoms. The molecule has 0 bridgehead atoms. The minimum atomic E-state index is -0.581. The largest absolute Gasteiger partial charge is 0.457 e. The molecular weight excluding hydrogens is 244 g/mol. The summed E-state index contributed by atoms with van der Waals surface area (Å²) in [6.07, 6.45) is 0.882. The van der Waals surface area contributed by atoms with Gasteiger partial charge in [0.1, 0.15) is 11.7 Å². The lowest BCUT2D eigenvalue weighted by molar-refractivity contribution is -0.142. The van der Waals surface area contributed by atoms with Gasteiger partial charge in [0.05, 0.1) is 18.1 Å². The molecular formula is C15H18O4. The molecule has 0 aromatic carbocycles. The standard InChI is InChI=1S/C15H18O4/c1-6-4-9(16)11-7(2)14(17)18-13(11)12-8(6)5-10-15(12,3)19-10/h9-13,16H,2,4-5H2,1,3H3/t9-,10+,11+,12-,13-,15+/m0/s1. The molecule has 2 heterocycles. The van der Waals surface area contributed by atoms with Crippen molar-refractivity contribution in [1.82, 2.24) is 0 Å². The number of rotatable bonds is 0. The van der Waals surface area contributed by atoms with Crippen molar-refractivity contribution in [2.75, 3.05) is 0 Å². The van der Waals surface area contributed by atoms with Crippen LogP contribution in [0.2, 0.25) is 0 Å². The zero-order chi connectivity index (χ0) is 13.5. The van der Waals surface area contributed by atoms with Crippen molar-refractivity contribution in [1.29, 1.82) is 0 Å². The fraction of sp³-hybridized carbons (Fsp3) is 0.667. The minimum Gasteiger partial charge on any atom is -0.457 e. The van der Waals surface area contributed by atoms with Gasteiger partial charge in [0.2, 0.25) is 0 Å². The van der Waals surface area contributed by atoms with Crippen molar-refractivity contribution in [3.05, 3.63) is 23.3 Å². The maximum absolute atomic E-state index is 11.8. The molecule has 4 aliphatic rings. The number of aliphatic hydroxyl groups is 1. The average molecular weight is 262 g/mol. The molecule has 0 aromatic rings. The van der Waals surface area contributed by atoms with E-state index < -0.39 is 6.10 Å². The molecule has 0 amide bonds. The highest BCUT2D eigenvalue weighted by molar-refractivity contribution is 5.91. The molecule has 6 atom stereocenters. The fourth-order valence-corrected chi connectivity index (χ4v) is 4.33. The molecule has 0 unspecified atom stereocenters. The smallest absolute Gasteiger partial charge is 0.334 e. The van der Waals surface area contributed by atoms with E-state index in [4.69, 9.17) is 9.47 Å². The lowest BCUT2D eigenvalue weighted by Crippen LogP contribution is -2.38. The quantitative estimate of drug-likeness (QED) is 0.310. The van der Waals surface area contributed by atoms with Gasteiger partial charge in [-0.15, -0.1) is 0 Å². The molecule has 2 saturated heterocycles. The van der Waals surface area contributed by atoms with Gasteiger partial charge in [-0.05, 0) is 26.7 Å². The van der Waals surface area contributed by atoms with E-state index >= 15 is 0 Å². The van der Waals surface area contributed by atoms with Gasteiger partial charge in [-0.3, -0.25) is 0 Å². The number of epoxide rings is 1. The summed E-state index contributed by atoms with van der Waals surface area (Å²) in [5, 5.41) is 10.4. The van der Waals surface area contributed by atoms with Crippen molar-refractivity contribution in [3.63, 3.8) is 0 Å². The van der Waals surface area contributed by atoms with Gasteiger partial charge in [-0.1, -0.05) is 17.7 Å². The topological polar surface area (TPSA) is 59.1 Å². The highest BCUT2D eigenvalue weighted by atomic mass is 16.6. The highest BCUT2D eigenvalue weighted by Gasteiger charge is 2.69. The van der Waals surface area contributed by atoms with Crippen LogP contribution in [0.25, 0.3) is 0 Å². The molecule has 4 heteroatoms. The monoisotopic (exact) mass is 262 g/mol. The molecule has 4 rings (SSSR count). The second kappa shape index (κ2) is 3.30. The van der Waals surface area contributed by atoms with Gasteiger partial charge in [0, 0.05) is 11.5 Å². The fourth-order valence-electron chi connectivity index (χ4n) is 4.33. The number of hydrogen-bond donors (Lipinski definition) is 1. The lowest BCUT2D eigenvalue weighted by Gasteiger charge is -2.28. The van der Waals surface area contributed by atoms with Crippen molar-refractivity contribution in [2.45, 2.75) is 50.6 Å². The zero-order valence-electron chi connectivity index (χ0n) is 11.2. The number of carbonyl (C=O) groups excluding carboxylic acids is 1. The molecule has 0 radical (unpaired) electrons. The normalized spacial score (nSPS) is 51.4. The molecule has 102 valence electrons. The molecule has 2 aliphatic heterocycles. The third-order valence-electron chi connectivity index (χ3n) is 5.44. The van der Waals surface area contributed by atoms with E-state index in [9.17, 15) is 9.90 Å². The van der Waals surface area contributed by atoms with Crippen LogP contribution in [-0.4, -0.2) is 35.0 Å². The van der Waals surface area contributed by atoms with Crippen LogP contribution < -0.4 is 0 Å². The van der Waals surface area contributed by atoms with E-state index in [0.717, 1.165) is 6.42 Å². The summed E-state index contributed by atoms with van der Waals surface area (Å²) in [4.78, 5) is 11.8. The Balaban J connectivity index is 1.84. The van der Waals surface area contributed by atoms with Gasteiger partial charge >= 0.3 is 5.97 Å². The SMILES string of the molecule is C=C1C(=O)O[C@H]2[C@H]1[C@@H](O)CC(C)=C1C[C@H]3O[C@@]3(C)[C@@H]12. The number of fused-ring (bicyclic) bond motifs is 5. The maximum atomic E-state index is 11.8. The van der Waals surface area contributed by atoms with Crippen molar-refractivity contribution in [3.8, 4) is 0 Å². The zero-order valence-corrected chi connectivity index (χ0v) is 11.2. The summed E-state index contributed by atoms with van der Waals surface area (Å²) in [5.74, 6) is -0.562. The van der Waals surface area contributed by atoms with Crippen molar-refractivity contribution in [2.24, 2.45) is 11.8 Å². The molecule has 1 saturated carbocycles. The molecule has 0 spiro atoms. The molecule has 3 fully saturated rings. The van der Waals surface area contributed by atoms with E-state index in [1.807, 2.05) is 0 Å². The van der Waals surface area contributed by atoms with Crippen molar-refractivity contribution < 1.29 is 19.4 Å². The van der Waals surface area contributed by atoms with Gasteiger partial charge in [-0.25, -0.2) is 4.79 Å². The first-order valence-electron chi connectivity index (χ1n) is 6.87. The minimum absolute atomic E-state index is 0.0860. The summed E-state index contributed by atoms with van der Waals surface area (Å²) in [5.41, 5.74) is 2.76. The Hall–Kier alpha value is -1.13. The summed E-state index contributed by atoms with van der Waals surface area (Å²) < 4.78 is 11.3. The number of hydrogen-bond acceptors (Lipinski definition) is 4. The Morgan fingerprint density at radius 2 is 2.16 bits per heavy atom. The Kier molecular flexibility index (Phi) is 2.03. The average Bonchev–Trinajstić information content (AvgIpc) is 2.79. The van der Waals surface area contributed by atoms with Crippen LogP contribution in [0.5, 0.6) is 0 Å². The van der Waals surface area contributed by atoms with Crippen LogP contribution in [0.1, 0.15) is 26.7 Å². The second-order valence-electron chi connectivity index (χ2n) is 6.47. The number of esters is 1. The first-order chi connectivity index (χ1) is 8.93. The van der Waals surface area contributed by atoms with Crippen LogP contribution in [0.3, 0.4) is 0 Å². The Labute approximate surface area is 112 Å². The Morgan fingerprint density at radius 3 is 2.89 bits per heavy atom. The van der Waals surface area contributed by atoms with E-state index in [1.165, 1.54) is 11.1 Å². The predicted octanol–water partition coefficient (Wildman–Crippen LogP) is 1.34. The maximum Gasteiger partial charge on any atom is 0.334 e. The van der Waals surface area contributed by atoms with Crippen LogP contribution >= 0.6 is 0 Å². The number of carbonyl (C=O) groups is 1. The number of aliphatic hydroxyl groups excluding tert-OH is 1. The summed E-state index contributed by atoms with van der Waals surface area (Å²) >= 11 is 0. The Bertz CT molecular complexity index is 534. The van der Waals surface area contributed by atoms with Gasteiger partial charge in [-0.2, -0.15) is 0 Å². The van der Waals surface area contributed by atoms with Crippen LogP contribution in [-0.2, 0) is 14.3 Å². The first kappa shape index (κ1) is 11.7. The predicted molar refractivity (Wildman–Crippen MR) is 67.2 cm³/mol. The van der Waals surface area contributed by atoms with Crippen LogP contribution in [0.4, 0.5) is 0 Å². The first-order valence-corrected chi connectivity index (χ1v) is 6.87. The second-order valence-corrected chi connectivity index (χ2v) is 6.47. The third-order valence-corrected chi connectivity index (χ3v) is 5.44. The molecule has 4 nitrogen and oxygen atoms in total. The van der Waals surface area contributed by atoms with E-state index in [-0.39, 0.29) is 35.6 Å². The van der Waals surface area contributed by atoms with Gasteiger partial charge < -0.3 is 14.6 Å². The third kappa shape index (κ3) is 1.29. The van der Waals surface area contributed by atoms with Crippen LogP contribution in [0.15, 0.2) is 23.3 Å². The molecule has 0 aromatic heterocycles. The lowest BCUT2D eigenvalue weighted by atomic mass is 9.80. The number of ether oxygens (including phenoxy) is 2. The summed E-state index contributed by atoms with van der Waals surface area (Å²) in [6, 6.07) is 0. The van der Waals surface area contributed by atoms with Crippen molar-refractivity contribution >= 4 is 5.97 Å². The van der Waals surface area contributed by atoms with Gasteiger partial charge in [0.25, 0.3) is 0 Å². The van der Waals surface area contributed by atoms with E-state index in [1.54, 1.807) is 0 Å². The molecule has 1 N–H and O–H groups in total. The molecule has 2 aliphatic carbocycles. The highest BCUT2D eigenvalue weighted by Crippen LogP contribution is 2.61. The van der Waals surface area contributed by atoms with E-state index in [2.05, 4.69) is 20.4 Å². The van der Waals surface area contributed by atoms with E-state index in [0.29, 0.717) is 12.0 Å². The summed E-state index contributed by atoms with van der Waals surface area (Å²) in [7, 11) is 0. The van der Waals surface area contributed by atoms with Gasteiger partial charge in [0.15, 0.2) is 0 Å². The summed E-state index contributed by atoms with van der Waals surface area (Å²) in [6.45, 7) is 7.98.